The number of aromatic nitrogens is 5. The van der Waals surface area contributed by atoms with E-state index < -0.39 is 0 Å². The summed E-state index contributed by atoms with van der Waals surface area (Å²) in [6.45, 7) is 1.97. The van der Waals surface area contributed by atoms with E-state index in [0.29, 0.717) is 22.8 Å². The van der Waals surface area contributed by atoms with Gasteiger partial charge in [-0.2, -0.15) is 0 Å². The van der Waals surface area contributed by atoms with Gasteiger partial charge in [-0.1, -0.05) is 17.7 Å². The van der Waals surface area contributed by atoms with Gasteiger partial charge in [0.05, 0.1) is 17.3 Å². The maximum absolute atomic E-state index is 12.9. The van der Waals surface area contributed by atoms with Gasteiger partial charge in [0.1, 0.15) is 6.33 Å². The highest BCUT2D eigenvalue weighted by Crippen LogP contribution is 2.39. The van der Waals surface area contributed by atoms with E-state index >= 15 is 0 Å². The van der Waals surface area contributed by atoms with Gasteiger partial charge in [0, 0.05) is 16.1 Å². The molecule has 160 valence electrons. The molecule has 0 bridgehead atoms. The number of tetrazole rings is 1. The van der Waals surface area contributed by atoms with E-state index in [1.807, 2.05) is 31.2 Å². The van der Waals surface area contributed by atoms with Crippen LogP contribution in [0, 0.1) is 6.92 Å². The molecule has 9 nitrogen and oxygen atoms in total. The molecule has 0 radical (unpaired) electrons. The molecule has 0 fully saturated rings. The molecule has 0 saturated heterocycles. The normalized spacial score (nSPS) is 14.7. The predicted octanol–water partition coefficient (Wildman–Crippen LogP) is 3.35. The van der Waals surface area contributed by atoms with E-state index in [0.717, 1.165) is 28.2 Å². The number of fused-ring (bicyclic) bond motifs is 1. The molecule has 0 spiro atoms. The summed E-state index contributed by atoms with van der Waals surface area (Å²) in [5.74, 6) is -0.660. The van der Waals surface area contributed by atoms with Crippen molar-refractivity contribution >= 4 is 34.0 Å². The summed E-state index contributed by atoms with van der Waals surface area (Å²) < 4.78 is 1.54. The minimum absolute atomic E-state index is 0.111. The molecule has 0 aliphatic heterocycles. The molecule has 1 atom stereocenters. The Morgan fingerprint density at radius 1 is 1.06 bits per heavy atom. The van der Waals surface area contributed by atoms with Crippen molar-refractivity contribution in [2.45, 2.75) is 25.7 Å². The van der Waals surface area contributed by atoms with Gasteiger partial charge in [-0.25, -0.2) is 9.67 Å². The number of anilines is 2. The minimum atomic E-state index is -0.342. The SMILES string of the molecule is Cc1ccc(C(=O)Nc2nc3c(s2)CC[C@@H]3C(=O)Nc2ccc(-n3cnnn3)cc2)cc1. The fourth-order valence-electron chi connectivity index (χ4n) is 3.62. The van der Waals surface area contributed by atoms with Gasteiger partial charge < -0.3 is 5.32 Å². The molecule has 2 heterocycles. The number of nitrogens with zero attached hydrogens (tertiary/aromatic N) is 5. The van der Waals surface area contributed by atoms with Crippen molar-refractivity contribution in [1.82, 2.24) is 25.2 Å². The van der Waals surface area contributed by atoms with Gasteiger partial charge in [0.15, 0.2) is 5.13 Å². The lowest BCUT2D eigenvalue weighted by atomic mass is 10.1. The van der Waals surface area contributed by atoms with E-state index in [2.05, 4.69) is 31.1 Å². The Balaban J connectivity index is 1.26. The maximum Gasteiger partial charge on any atom is 0.257 e. The van der Waals surface area contributed by atoms with Crippen LogP contribution in [-0.2, 0) is 11.2 Å². The minimum Gasteiger partial charge on any atom is -0.326 e. The third-order valence-corrected chi connectivity index (χ3v) is 6.36. The van der Waals surface area contributed by atoms with Crippen molar-refractivity contribution in [2.75, 3.05) is 10.6 Å². The first-order chi connectivity index (χ1) is 15.6. The Morgan fingerprint density at radius 3 is 2.56 bits per heavy atom. The van der Waals surface area contributed by atoms with Crippen molar-refractivity contribution in [2.24, 2.45) is 0 Å². The highest BCUT2D eigenvalue weighted by molar-refractivity contribution is 7.16. The lowest BCUT2D eigenvalue weighted by molar-refractivity contribution is -0.117. The zero-order valence-corrected chi connectivity index (χ0v) is 18.0. The van der Waals surface area contributed by atoms with Gasteiger partial charge in [-0.15, -0.1) is 16.4 Å². The summed E-state index contributed by atoms with van der Waals surface area (Å²) in [7, 11) is 0. The zero-order chi connectivity index (χ0) is 22.1. The number of carbonyl (C=O) groups is 2. The van der Waals surface area contributed by atoms with Crippen molar-refractivity contribution in [1.29, 1.82) is 0 Å². The summed E-state index contributed by atoms with van der Waals surface area (Å²) in [6.07, 6.45) is 2.98. The van der Waals surface area contributed by atoms with Crippen LogP contribution >= 0.6 is 11.3 Å². The van der Waals surface area contributed by atoms with Gasteiger partial charge in [-0.3, -0.25) is 14.9 Å². The lowest BCUT2D eigenvalue weighted by Gasteiger charge is -2.11. The third kappa shape index (κ3) is 4.00. The second-order valence-electron chi connectivity index (χ2n) is 7.53. The monoisotopic (exact) mass is 445 g/mol. The summed E-state index contributed by atoms with van der Waals surface area (Å²) in [4.78, 5) is 31.0. The molecule has 2 aromatic heterocycles. The molecule has 4 aromatic rings. The van der Waals surface area contributed by atoms with Crippen LogP contribution in [0.15, 0.2) is 54.9 Å². The highest BCUT2D eigenvalue weighted by Gasteiger charge is 2.33. The number of hydrogen-bond donors (Lipinski definition) is 2. The van der Waals surface area contributed by atoms with Crippen LogP contribution in [0.5, 0.6) is 0 Å². The van der Waals surface area contributed by atoms with E-state index in [1.54, 1.807) is 24.3 Å². The third-order valence-electron chi connectivity index (χ3n) is 5.32. The number of carbonyl (C=O) groups excluding carboxylic acids is 2. The molecule has 1 aliphatic carbocycles. The molecular formula is C22H19N7O2S. The van der Waals surface area contributed by atoms with Crippen LogP contribution in [0.4, 0.5) is 10.8 Å². The zero-order valence-electron chi connectivity index (χ0n) is 17.1. The van der Waals surface area contributed by atoms with Gasteiger partial charge in [0.25, 0.3) is 5.91 Å². The molecule has 5 rings (SSSR count). The second kappa shape index (κ2) is 8.31. The molecule has 10 heteroatoms. The summed E-state index contributed by atoms with van der Waals surface area (Å²) in [5.41, 5.74) is 3.89. The van der Waals surface area contributed by atoms with Crippen LogP contribution < -0.4 is 10.6 Å². The lowest BCUT2D eigenvalue weighted by Crippen LogP contribution is -2.20. The number of rotatable bonds is 5. The van der Waals surface area contributed by atoms with Crippen molar-refractivity contribution in [3.8, 4) is 5.69 Å². The van der Waals surface area contributed by atoms with E-state index in [-0.39, 0.29) is 17.7 Å². The summed E-state index contributed by atoms with van der Waals surface area (Å²) in [6, 6.07) is 14.6. The van der Waals surface area contributed by atoms with Crippen LogP contribution in [0.2, 0.25) is 0 Å². The first-order valence-corrected chi connectivity index (χ1v) is 10.9. The molecule has 2 aromatic carbocycles. The van der Waals surface area contributed by atoms with Crippen LogP contribution in [0.25, 0.3) is 5.69 Å². The predicted molar refractivity (Wildman–Crippen MR) is 120 cm³/mol. The number of benzene rings is 2. The Labute approximate surface area is 187 Å². The van der Waals surface area contributed by atoms with E-state index in [1.165, 1.54) is 22.3 Å². The molecular weight excluding hydrogens is 426 g/mol. The Kier molecular flexibility index (Phi) is 5.20. The Bertz CT molecular complexity index is 1260. The standard InChI is InChI=1S/C22H19N7O2S/c1-13-2-4-14(5-3-13)20(30)26-22-25-19-17(10-11-18(19)32-22)21(31)24-15-6-8-16(9-7-15)29-12-23-27-28-29/h2-9,12,17H,10-11H2,1H3,(H,24,31)(H,25,26,30)/t17-/m0/s1. The fraction of sp³-hybridized carbons (Fsp3) is 0.182. The quantitative estimate of drug-likeness (QED) is 0.487. The molecule has 0 saturated carbocycles. The fourth-order valence-corrected chi connectivity index (χ4v) is 4.65. The largest absolute Gasteiger partial charge is 0.326 e. The van der Waals surface area contributed by atoms with Gasteiger partial charge in [0.2, 0.25) is 5.91 Å². The smallest absolute Gasteiger partial charge is 0.257 e. The highest BCUT2D eigenvalue weighted by atomic mass is 32.1. The molecule has 2 N–H and O–H groups in total. The van der Waals surface area contributed by atoms with Crippen molar-refractivity contribution in [3.05, 3.63) is 76.6 Å². The molecule has 32 heavy (non-hydrogen) atoms. The number of thiazole rings is 1. The number of amides is 2. The van der Waals surface area contributed by atoms with Gasteiger partial charge in [-0.05, 0) is 66.6 Å². The Morgan fingerprint density at radius 2 is 1.84 bits per heavy atom. The summed E-state index contributed by atoms with van der Waals surface area (Å²) in [5, 5.41) is 17.4. The second-order valence-corrected chi connectivity index (χ2v) is 8.61. The Hall–Kier alpha value is -3.92. The number of nitrogens with one attached hydrogen (secondary N) is 2. The first-order valence-electron chi connectivity index (χ1n) is 10.1. The average Bonchev–Trinajstić information content (AvgIpc) is 3.52. The van der Waals surface area contributed by atoms with Crippen LogP contribution in [0.3, 0.4) is 0 Å². The van der Waals surface area contributed by atoms with Crippen LogP contribution in [0.1, 0.15) is 38.8 Å². The number of aryl methyl sites for hydroxylation is 2. The maximum atomic E-state index is 12.9. The average molecular weight is 446 g/mol. The van der Waals surface area contributed by atoms with Crippen molar-refractivity contribution in [3.63, 3.8) is 0 Å². The molecule has 2 amide bonds. The number of hydrogen-bond acceptors (Lipinski definition) is 7. The topological polar surface area (TPSA) is 115 Å². The first kappa shape index (κ1) is 20.0. The van der Waals surface area contributed by atoms with E-state index in [9.17, 15) is 9.59 Å². The van der Waals surface area contributed by atoms with Crippen molar-refractivity contribution < 1.29 is 9.59 Å². The molecule has 0 unspecified atom stereocenters. The van der Waals surface area contributed by atoms with Gasteiger partial charge >= 0.3 is 0 Å². The molecule has 1 aliphatic rings. The van der Waals surface area contributed by atoms with E-state index in [4.69, 9.17) is 0 Å². The summed E-state index contributed by atoms with van der Waals surface area (Å²) >= 11 is 1.43. The van der Waals surface area contributed by atoms with Crippen LogP contribution in [-0.4, -0.2) is 37.0 Å².